The highest BCUT2D eigenvalue weighted by molar-refractivity contribution is 6.35. The molecule has 1 N–H and O–H groups in total. The molecule has 136 valence electrons. The number of carboxylic acids is 1. The number of amides is 1. The van der Waals surface area contributed by atoms with Gasteiger partial charge in [0.2, 0.25) is 0 Å². The molecule has 2 aromatic rings. The molecule has 0 aromatic heterocycles. The highest BCUT2D eigenvalue weighted by Gasteiger charge is 2.08. The van der Waals surface area contributed by atoms with Crippen LogP contribution < -0.4 is 15.3 Å². The molecule has 2 aromatic carbocycles. The summed E-state index contributed by atoms with van der Waals surface area (Å²) in [4.78, 5) is 22.6. The minimum atomic E-state index is -1.19. The summed E-state index contributed by atoms with van der Waals surface area (Å²) in [6.45, 7) is -0.312. The number of rotatable bonds is 8. The molecule has 0 unspecified atom stereocenters. The standard InChI is InChI=1S/C18H16Cl2N2O4/c19-13-6-8-16(14(20)10-13)26-11-17(23)22-21-15(7-9-18(24)25)12-4-2-1-3-5-12/h1-6,8,10H,7,9,11H2,(H,22,23)(H,24,25)/p-1/b21-15-. The van der Waals surface area contributed by atoms with Crippen LogP contribution in [-0.4, -0.2) is 24.2 Å². The van der Waals surface area contributed by atoms with E-state index >= 15 is 0 Å². The van der Waals surface area contributed by atoms with Gasteiger partial charge in [0, 0.05) is 11.0 Å². The van der Waals surface area contributed by atoms with Gasteiger partial charge in [-0.25, -0.2) is 5.43 Å². The van der Waals surface area contributed by atoms with E-state index < -0.39 is 11.9 Å². The number of halogens is 2. The summed E-state index contributed by atoms with van der Waals surface area (Å²) in [5, 5.41) is 15.4. The average Bonchev–Trinajstić information content (AvgIpc) is 2.61. The number of carbonyl (C=O) groups is 2. The Morgan fingerprint density at radius 1 is 1.08 bits per heavy atom. The van der Waals surface area contributed by atoms with Crippen molar-refractivity contribution in [1.82, 2.24) is 5.43 Å². The Labute approximate surface area is 160 Å². The van der Waals surface area contributed by atoms with Crippen LogP contribution in [0.5, 0.6) is 5.75 Å². The number of ether oxygens (including phenoxy) is 1. The predicted octanol–water partition coefficient (Wildman–Crippen LogP) is 2.42. The third kappa shape index (κ3) is 6.38. The Hall–Kier alpha value is -2.57. The Morgan fingerprint density at radius 2 is 1.81 bits per heavy atom. The van der Waals surface area contributed by atoms with Gasteiger partial charge in [0.1, 0.15) is 5.75 Å². The van der Waals surface area contributed by atoms with Crippen molar-refractivity contribution in [1.29, 1.82) is 0 Å². The first-order valence-corrected chi connectivity index (χ1v) is 8.40. The monoisotopic (exact) mass is 393 g/mol. The average molecular weight is 394 g/mol. The van der Waals surface area contributed by atoms with Crippen LogP contribution in [-0.2, 0) is 9.59 Å². The first kappa shape index (κ1) is 19.8. The normalized spacial score (nSPS) is 11.1. The van der Waals surface area contributed by atoms with Gasteiger partial charge < -0.3 is 14.6 Å². The molecule has 0 saturated heterocycles. The topological polar surface area (TPSA) is 90.8 Å². The van der Waals surface area contributed by atoms with Gasteiger partial charge in [-0.3, -0.25) is 4.79 Å². The van der Waals surface area contributed by atoms with E-state index in [1.807, 2.05) is 6.07 Å². The zero-order chi connectivity index (χ0) is 18.9. The molecule has 0 atom stereocenters. The molecule has 0 radical (unpaired) electrons. The first-order chi connectivity index (χ1) is 12.5. The van der Waals surface area contributed by atoms with E-state index in [9.17, 15) is 14.7 Å². The molecule has 0 bridgehead atoms. The molecule has 2 rings (SSSR count). The van der Waals surface area contributed by atoms with Crippen molar-refractivity contribution >= 4 is 40.8 Å². The molecule has 0 aliphatic heterocycles. The maximum atomic E-state index is 11.9. The number of carboxylic acid groups (broad SMARTS) is 1. The minimum absolute atomic E-state index is 0.122. The van der Waals surface area contributed by atoms with Crippen molar-refractivity contribution in [2.45, 2.75) is 12.8 Å². The van der Waals surface area contributed by atoms with Gasteiger partial charge in [-0.15, -0.1) is 0 Å². The minimum Gasteiger partial charge on any atom is -0.550 e. The van der Waals surface area contributed by atoms with Gasteiger partial charge in [-0.05, 0) is 36.6 Å². The van der Waals surface area contributed by atoms with Crippen molar-refractivity contribution in [2.75, 3.05) is 6.61 Å². The smallest absolute Gasteiger partial charge is 0.277 e. The van der Waals surface area contributed by atoms with Gasteiger partial charge >= 0.3 is 0 Å². The lowest BCUT2D eigenvalue weighted by molar-refractivity contribution is -0.305. The fourth-order valence-corrected chi connectivity index (χ4v) is 2.48. The number of nitrogens with zero attached hydrogens (tertiary/aromatic N) is 1. The maximum Gasteiger partial charge on any atom is 0.277 e. The van der Waals surface area contributed by atoms with Gasteiger partial charge in [-0.2, -0.15) is 5.10 Å². The largest absolute Gasteiger partial charge is 0.550 e. The fraction of sp³-hybridized carbons (Fsp3) is 0.167. The number of benzene rings is 2. The molecule has 8 heteroatoms. The Bertz CT molecular complexity index is 810. The molecule has 0 heterocycles. The van der Waals surface area contributed by atoms with Crippen LogP contribution in [0.3, 0.4) is 0 Å². The number of nitrogens with one attached hydrogen (secondary N) is 1. The molecule has 0 aliphatic rings. The fourth-order valence-electron chi connectivity index (χ4n) is 2.01. The second-order valence-electron chi connectivity index (χ2n) is 5.19. The Balaban J connectivity index is 1.98. The molecule has 0 saturated carbocycles. The third-order valence-electron chi connectivity index (χ3n) is 3.24. The highest BCUT2D eigenvalue weighted by atomic mass is 35.5. The van der Waals surface area contributed by atoms with Gasteiger partial charge in [0.15, 0.2) is 6.61 Å². The van der Waals surface area contributed by atoms with Crippen LogP contribution in [0.1, 0.15) is 18.4 Å². The van der Waals surface area contributed by atoms with Crippen LogP contribution in [0.15, 0.2) is 53.6 Å². The molecule has 6 nitrogen and oxygen atoms in total. The number of hydrogen-bond acceptors (Lipinski definition) is 5. The third-order valence-corrected chi connectivity index (χ3v) is 3.77. The maximum absolute atomic E-state index is 11.9. The first-order valence-electron chi connectivity index (χ1n) is 7.64. The summed E-state index contributed by atoms with van der Waals surface area (Å²) in [6, 6.07) is 13.6. The Morgan fingerprint density at radius 3 is 2.46 bits per heavy atom. The van der Waals surface area contributed by atoms with Crippen molar-refractivity contribution in [3.63, 3.8) is 0 Å². The van der Waals surface area contributed by atoms with E-state index in [1.165, 1.54) is 6.07 Å². The van der Waals surface area contributed by atoms with Crippen molar-refractivity contribution in [2.24, 2.45) is 5.10 Å². The Kier molecular flexibility index (Phi) is 7.44. The number of hydrazone groups is 1. The van der Waals surface area contributed by atoms with Crippen molar-refractivity contribution in [3.8, 4) is 5.75 Å². The summed E-state index contributed by atoms with van der Waals surface area (Å²) >= 11 is 11.8. The van der Waals surface area contributed by atoms with Crippen LogP contribution in [0.2, 0.25) is 10.0 Å². The van der Waals surface area contributed by atoms with Crippen LogP contribution >= 0.6 is 23.2 Å². The lowest BCUT2D eigenvalue weighted by Gasteiger charge is -2.09. The van der Waals surface area contributed by atoms with Crippen molar-refractivity contribution < 1.29 is 19.4 Å². The van der Waals surface area contributed by atoms with Crippen LogP contribution in [0.25, 0.3) is 0 Å². The molecule has 0 aliphatic carbocycles. The molecule has 0 spiro atoms. The van der Waals surface area contributed by atoms with E-state index in [4.69, 9.17) is 27.9 Å². The van der Waals surface area contributed by atoms with E-state index in [0.717, 1.165) is 0 Å². The van der Waals surface area contributed by atoms with E-state index in [-0.39, 0.29) is 24.5 Å². The van der Waals surface area contributed by atoms with Gasteiger partial charge in [0.05, 0.1) is 10.7 Å². The number of carbonyl (C=O) groups excluding carboxylic acids is 2. The number of aliphatic carboxylic acids is 1. The summed E-state index contributed by atoms with van der Waals surface area (Å²) in [7, 11) is 0. The summed E-state index contributed by atoms with van der Waals surface area (Å²) in [5.74, 6) is -1.39. The lowest BCUT2D eigenvalue weighted by Crippen LogP contribution is -2.27. The quantitative estimate of drug-likeness (QED) is 0.550. The van der Waals surface area contributed by atoms with Crippen molar-refractivity contribution in [3.05, 3.63) is 64.1 Å². The highest BCUT2D eigenvalue weighted by Crippen LogP contribution is 2.27. The summed E-state index contributed by atoms with van der Waals surface area (Å²) < 4.78 is 5.31. The molecule has 1 amide bonds. The van der Waals surface area contributed by atoms with E-state index in [1.54, 1.807) is 36.4 Å². The second kappa shape index (κ2) is 9.79. The molecule has 26 heavy (non-hydrogen) atoms. The second-order valence-corrected chi connectivity index (χ2v) is 6.04. The zero-order valence-corrected chi connectivity index (χ0v) is 15.1. The molecular formula is C18H15Cl2N2O4-. The summed E-state index contributed by atoms with van der Waals surface area (Å²) in [6.07, 6.45) is -0.0863. The predicted molar refractivity (Wildman–Crippen MR) is 97.3 cm³/mol. The number of hydrogen-bond donors (Lipinski definition) is 1. The van der Waals surface area contributed by atoms with Gasteiger partial charge in [-0.1, -0.05) is 53.5 Å². The zero-order valence-electron chi connectivity index (χ0n) is 13.6. The van der Waals surface area contributed by atoms with E-state index in [2.05, 4.69) is 10.5 Å². The van der Waals surface area contributed by atoms with Gasteiger partial charge in [0.25, 0.3) is 5.91 Å². The summed E-state index contributed by atoms with van der Waals surface area (Å²) in [5.41, 5.74) is 3.48. The molecular weight excluding hydrogens is 379 g/mol. The van der Waals surface area contributed by atoms with Crippen LogP contribution in [0.4, 0.5) is 0 Å². The van der Waals surface area contributed by atoms with Crippen LogP contribution in [0, 0.1) is 0 Å². The molecule has 0 fully saturated rings. The lowest BCUT2D eigenvalue weighted by atomic mass is 10.1. The SMILES string of the molecule is O=C([O-])CC/C(=N/NC(=O)COc1ccc(Cl)cc1Cl)c1ccccc1. The van der Waals surface area contributed by atoms with E-state index in [0.29, 0.717) is 22.0 Å².